The highest BCUT2D eigenvalue weighted by Crippen LogP contribution is 2.32. The number of morpholine rings is 1. The van der Waals surface area contributed by atoms with E-state index in [1.165, 1.54) is 17.5 Å². The van der Waals surface area contributed by atoms with E-state index in [1.54, 1.807) is 12.1 Å². The Morgan fingerprint density at radius 3 is 2.53 bits per heavy atom. The van der Waals surface area contributed by atoms with Crippen LogP contribution in [0.3, 0.4) is 0 Å². The summed E-state index contributed by atoms with van der Waals surface area (Å²) in [6.07, 6.45) is 0.529. The van der Waals surface area contributed by atoms with Crippen LogP contribution in [-0.2, 0) is 26.0 Å². The lowest BCUT2D eigenvalue weighted by Crippen LogP contribution is -2.40. The van der Waals surface area contributed by atoms with Gasteiger partial charge in [0.05, 0.1) is 31.3 Å². The number of fused-ring (bicyclic) bond motifs is 1. The van der Waals surface area contributed by atoms with Crippen LogP contribution in [0.5, 0.6) is 17.2 Å². The summed E-state index contributed by atoms with van der Waals surface area (Å²) in [6, 6.07) is 10.2. The SMILES string of the molecule is COc1ccc(S(=O)(=O)N2CCOCC2)cc1CCC(=O)N[C@H](C)c1ccc2c(c1)OCCO2. The molecule has 0 radical (unpaired) electrons. The zero-order valence-electron chi connectivity index (χ0n) is 19.4. The quantitative estimate of drug-likeness (QED) is 0.606. The first-order valence-electron chi connectivity index (χ1n) is 11.3. The molecule has 9 nitrogen and oxygen atoms in total. The van der Waals surface area contributed by atoms with Crippen molar-refractivity contribution in [2.24, 2.45) is 0 Å². The van der Waals surface area contributed by atoms with Gasteiger partial charge in [-0.05, 0) is 54.8 Å². The van der Waals surface area contributed by atoms with Gasteiger partial charge in [-0.2, -0.15) is 4.31 Å². The molecule has 1 saturated heterocycles. The molecule has 2 aromatic carbocycles. The van der Waals surface area contributed by atoms with Gasteiger partial charge in [-0.25, -0.2) is 8.42 Å². The van der Waals surface area contributed by atoms with Crippen LogP contribution >= 0.6 is 0 Å². The van der Waals surface area contributed by atoms with Crippen LogP contribution < -0.4 is 19.5 Å². The summed E-state index contributed by atoms with van der Waals surface area (Å²) in [7, 11) is -2.11. The molecule has 2 aliphatic rings. The maximum Gasteiger partial charge on any atom is 0.243 e. The zero-order valence-corrected chi connectivity index (χ0v) is 20.2. The minimum absolute atomic E-state index is 0.147. The van der Waals surface area contributed by atoms with E-state index >= 15 is 0 Å². The maximum absolute atomic E-state index is 13.0. The first kappa shape index (κ1) is 24.3. The zero-order chi connectivity index (χ0) is 24.1. The Bertz CT molecular complexity index is 1130. The topological polar surface area (TPSA) is 103 Å². The van der Waals surface area contributed by atoms with Crippen molar-refractivity contribution >= 4 is 15.9 Å². The Hall–Kier alpha value is -2.82. The number of rotatable bonds is 8. The van der Waals surface area contributed by atoms with Crippen LogP contribution in [0.4, 0.5) is 0 Å². The van der Waals surface area contributed by atoms with Gasteiger partial charge in [-0.3, -0.25) is 4.79 Å². The molecular formula is C24H30N2O7S. The summed E-state index contributed by atoms with van der Waals surface area (Å²) in [5.74, 6) is 1.78. The molecule has 10 heteroatoms. The van der Waals surface area contributed by atoms with Gasteiger partial charge in [0.15, 0.2) is 11.5 Å². The van der Waals surface area contributed by atoms with Crippen molar-refractivity contribution in [3.63, 3.8) is 0 Å². The van der Waals surface area contributed by atoms with Crippen LogP contribution in [0, 0.1) is 0 Å². The van der Waals surface area contributed by atoms with E-state index in [-0.39, 0.29) is 23.3 Å². The van der Waals surface area contributed by atoms with Crippen LogP contribution in [0.15, 0.2) is 41.3 Å². The molecule has 0 bridgehead atoms. The molecule has 4 rings (SSSR count). The first-order valence-corrected chi connectivity index (χ1v) is 12.8. The average molecular weight is 491 g/mol. The predicted octanol–water partition coefficient (Wildman–Crippen LogP) is 2.30. The third kappa shape index (κ3) is 5.45. The summed E-state index contributed by atoms with van der Waals surface area (Å²) in [5, 5.41) is 2.99. The fraction of sp³-hybridized carbons (Fsp3) is 0.458. The summed E-state index contributed by atoms with van der Waals surface area (Å²) in [5.41, 5.74) is 1.58. The Balaban J connectivity index is 1.41. The monoisotopic (exact) mass is 490 g/mol. The summed E-state index contributed by atoms with van der Waals surface area (Å²) >= 11 is 0. The van der Waals surface area contributed by atoms with E-state index in [1.807, 2.05) is 25.1 Å². The third-order valence-electron chi connectivity index (χ3n) is 5.92. The van der Waals surface area contributed by atoms with Crippen molar-refractivity contribution in [3.8, 4) is 17.2 Å². The van der Waals surface area contributed by atoms with Crippen molar-refractivity contribution in [1.29, 1.82) is 0 Å². The maximum atomic E-state index is 13.0. The van der Waals surface area contributed by atoms with Crippen LogP contribution in [0.25, 0.3) is 0 Å². The highest BCUT2D eigenvalue weighted by molar-refractivity contribution is 7.89. The molecule has 1 atom stereocenters. The Morgan fingerprint density at radius 1 is 1.06 bits per heavy atom. The number of ether oxygens (including phenoxy) is 4. The molecule has 1 fully saturated rings. The molecule has 0 spiro atoms. The van der Waals surface area contributed by atoms with Crippen molar-refractivity contribution in [2.45, 2.75) is 30.7 Å². The number of aryl methyl sites for hydroxylation is 1. The molecule has 0 unspecified atom stereocenters. The van der Waals surface area contributed by atoms with E-state index < -0.39 is 10.0 Å². The van der Waals surface area contributed by atoms with Gasteiger partial charge in [0, 0.05) is 19.5 Å². The Kier molecular flexibility index (Phi) is 7.60. The van der Waals surface area contributed by atoms with E-state index in [0.717, 1.165) is 5.56 Å². The molecule has 34 heavy (non-hydrogen) atoms. The number of benzene rings is 2. The largest absolute Gasteiger partial charge is 0.496 e. The number of amides is 1. The second-order valence-corrected chi connectivity index (χ2v) is 10.1. The molecule has 2 heterocycles. The van der Waals surface area contributed by atoms with Gasteiger partial charge >= 0.3 is 0 Å². The molecule has 1 N–H and O–H groups in total. The van der Waals surface area contributed by atoms with Gasteiger partial charge < -0.3 is 24.3 Å². The van der Waals surface area contributed by atoms with E-state index in [4.69, 9.17) is 18.9 Å². The summed E-state index contributed by atoms with van der Waals surface area (Å²) in [4.78, 5) is 12.9. The average Bonchev–Trinajstić information content (AvgIpc) is 2.87. The predicted molar refractivity (Wildman–Crippen MR) is 125 cm³/mol. The fourth-order valence-electron chi connectivity index (χ4n) is 4.02. The Morgan fingerprint density at radius 2 is 1.79 bits per heavy atom. The minimum Gasteiger partial charge on any atom is -0.496 e. The number of methoxy groups -OCH3 is 1. The van der Waals surface area contributed by atoms with Gasteiger partial charge in [0.1, 0.15) is 19.0 Å². The lowest BCUT2D eigenvalue weighted by Gasteiger charge is -2.26. The molecule has 0 aromatic heterocycles. The third-order valence-corrected chi connectivity index (χ3v) is 7.82. The molecule has 184 valence electrons. The van der Waals surface area contributed by atoms with Gasteiger partial charge in [-0.15, -0.1) is 0 Å². The number of carbonyl (C=O) groups excluding carboxylic acids is 1. The number of nitrogens with zero attached hydrogens (tertiary/aromatic N) is 1. The van der Waals surface area contributed by atoms with E-state index in [9.17, 15) is 13.2 Å². The number of sulfonamides is 1. The normalized spacial score (nSPS) is 17.1. The lowest BCUT2D eigenvalue weighted by atomic mass is 10.1. The molecule has 0 aliphatic carbocycles. The van der Waals surface area contributed by atoms with Crippen LogP contribution in [-0.4, -0.2) is 65.3 Å². The second kappa shape index (κ2) is 10.6. The standard InChI is InChI=1S/C24H30N2O7S/c1-17(18-3-6-22-23(16-18)33-14-13-32-22)25-24(27)8-4-19-15-20(5-7-21(19)30-2)34(28,29)26-9-11-31-12-10-26/h3,5-7,15-17H,4,8-14H2,1-2H3,(H,25,27)/t17-/m1/s1. The highest BCUT2D eigenvalue weighted by Gasteiger charge is 2.27. The van der Waals surface area contributed by atoms with Crippen molar-refractivity contribution < 1.29 is 32.2 Å². The van der Waals surface area contributed by atoms with Crippen molar-refractivity contribution in [3.05, 3.63) is 47.5 Å². The minimum atomic E-state index is -3.64. The molecular weight excluding hydrogens is 460 g/mol. The van der Waals surface area contributed by atoms with E-state index in [0.29, 0.717) is 68.7 Å². The summed E-state index contributed by atoms with van der Waals surface area (Å²) in [6.45, 7) is 4.33. The molecule has 1 amide bonds. The van der Waals surface area contributed by atoms with Crippen LogP contribution in [0.1, 0.15) is 30.5 Å². The highest BCUT2D eigenvalue weighted by atomic mass is 32.2. The van der Waals surface area contributed by atoms with Gasteiger partial charge in [0.25, 0.3) is 0 Å². The summed E-state index contributed by atoms with van der Waals surface area (Å²) < 4.78 is 49.3. The number of nitrogens with one attached hydrogen (secondary N) is 1. The Labute approximate surface area is 200 Å². The molecule has 2 aromatic rings. The van der Waals surface area contributed by atoms with Gasteiger partial charge in [0.2, 0.25) is 15.9 Å². The lowest BCUT2D eigenvalue weighted by molar-refractivity contribution is -0.121. The van der Waals surface area contributed by atoms with Gasteiger partial charge in [-0.1, -0.05) is 6.07 Å². The number of carbonyl (C=O) groups is 1. The first-order chi connectivity index (χ1) is 16.4. The second-order valence-electron chi connectivity index (χ2n) is 8.18. The fourth-order valence-corrected chi connectivity index (χ4v) is 5.48. The number of hydrogen-bond acceptors (Lipinski definition) is 7. The number of hydrogen-bond donors (Lipinski definition) is 1. The van der Waals surface area contributed by atoms with E-state index in [2.05, 4.69) is 5.32 Å². The molecule has 2 aliphatic heterocycles. The van der Waals surface area contributed by atoms with Crippen molar-refractivity contribution in [1.82, 2.24) is 9.62 Å². The molecule has 0 saturated carbocycles. The smallest absolute Gasteiger partial charge is 0.243 e. The van der Waals surface area contributed by atoms with Crippen LogP contribution in [0.2, 0.25) is 0 Å². The van der Waals surface area contributed by atoms with Crippen molar-refractivity contribution in [2.75, 3.05) is 46.6 Å².